The molecule has 29 heavy (non-hydrogen) atoms. The standard InChI is InChI=1S/C25H34O3S/c1-19-10-13-23(17-20(19)2)22-14-11-21(12-15-22)18-24(26)9-7-6-8-16-29(27,28)25(3,4)5/h10-15,17H,6-9,16,18H2,1-5H3. The summed E-state index contributed by atoms with van der Waals surface area (Å²) in [6.45, 7) is 9.42. The first-order valence-corrected chi connectivity index (χ1v) is 12.1. The Hall–Kier alpha value is -1.94. The third kappa shape index (κ3) is 6.81. The van der Waals surface area contributed by atoms with Crippen molar-refractivity contribution in [2.75, 3.05) is 5.75 Å². The molecule has 158 valence electrons. The van der Waals surface area contributed by atoms with Gasteiger partial charge in [0.2, 0.25) is 0 Å². The lowest BCUT2D eigenvalue weighted by Gasteiger charge is -2.18. The number of hydrogen-bond acceptors (Lipinski definition) is 3. The maximum absolute atomic E-state index is 12.3. The van der Waals surface area contributed by atoms with Crippen molar-refractivity contribution in [3.63, 3.8) is 0 Å². The minimum Gasteiger partial charge on any atom is -0.299 e. The number of Topliss-reactive ketones (excluding diaryl/α,β-unsaturated/α-hetero) is 1. The van der Waals surface area contributed by atoms with Crippen LogP contribution in [0.4, 0.5) is 0 Å². The minimum absolute atomic E-state index is 0.199. The van der Waals surface area contributed by atoms with Gasteiger partial charge in [-0.2, -0.15) is 0 Å². The number of unbranched alkanes of at least 4 members (excludes halogenated alkanes) is 2. The molecule has 2 rings (SSSR count). The van der Waals surface area contributed by atoms with E-state index in [1.165, 1.54) is 16.7 Å². The molecule has 0 heterocycles. The Balaban J connectivity index is 1.79. The smallest absolute Gasteiger partial charge is 0.155 e. The second kappa shape index (κ2) is 9.71. The maximum atomic E-state index is 12.3. The number of carbonyl (C=O) groups is 1. The van der Waals surface area contributed by atoms with Crippen LogP contribution in [-0.2, 0) is 21.1 Å². The van der Waals surface area contributed by atoms with Crippen LogP contribution in [0.5, 0.6) is 0 Å². The van der Waals surface area contributed by atoms with Gasteiger partial charge in [0.15, 0.2) is 9.84 Å². The van der Waals surface area contributed by atoms with Crippen molar-refractivity contribution in [1.82, 2.24) is 0 Å². The summed E-state index contributed by atoms with van der Waals surface area (Å²) in [5, 5.41) is 0. The SMILES string of the molecule is Cc1ccc(-c2ccc(CC(=O)CCCCCS(=O)(=O)C(C)(C)C)cc2)cc1C. The van der Waals surface area contributed by atoms with Crippen LogP contribution in [0.1, 0.15) is 63.1 Å². The summed E-state index contributed by atoms with van der Waals surface area (Å²) in [5.74, 6) is 0.410. The zero-order valence-corrected chi connectivity index (χ0v) is 19.2. The predicted molar refractivity (Wildman–Crippen MR) is 122 cm³/mol. The van der Waals surface area contributed by atoms with Crippen LogP contribution in [0.15, 0.2) is 42.5 Å². The van der Waals surface area contributed by atoms with Crippen molar-refractivity contribution in [3.8, 4) is 11.1 Å². The summed E-state index contributed by atoms with van der Waals surface area (Å²) in [5.41, 5.74) is 5.93. The van der Waals surface area contributed by atoms with Crippen LogP contribution in [0.3, 0.4) is 0 Å². The van der Waals surface area contributed by atoms with E-state index < -0.39 is 14.6 Å². The molecule has 2 aromatic carbocycles. The molecule has 0 atom stereocenters. The lowest BCUT2D eigenvalue weighted by molar-refractivity contribution is -0.118. The highest BCUT2D eigenvalue weighted by atomic mass is 32.2. The Bertz CT molecular complexity index is 933. The summed E-state index contributed by atoms with van der Waals surface area (Å²) >= 11 is 0. The number of ketones is 1. The van der Waals surface area contributed by atoms with Gasteiger partial charge in [-0.3, -0.25) is 4.79 Å². The van der Waals surface area contributed by atoms with E-state index in [0.29, 0.717) is 19.3 Å². The molecule has 0 spiro atoms. The second-order valence-corrected chi connectivity index (χ2v) is 11.8. The molecule has 0 radical (unpaired) electrons. The van der Waals surface area contributed by atoms with E-state index in [9.17, 15) is 13.2 Å². The van der Waals surface area contributed by atoms with Crippen LogP contribution in [0.25, 0.3) is 11.1 Å². The monoisotopic (exact) mass is 414 g/mol. The molecule has 0 N–H and O–H groups in total. The average Bonchev–Trinajstić information content (AvgIpc) is 2.63. The Labute approximate surface area is 176 Å². The van der Waals surface area contributed by atoms with Gasteiger partial charge < -0.3 is 0 Å². The van der Waals surface area contributed by atoms with E-state index in [1.807, 2.05) is 12.1 Å². The molecule has 0 amide bonds. The van der Waals surface area contributed by atoms with E-state index in [0.717, 1.165) is 24.0 Å². The Kier molecular flexibility index (Phi) is 7.81. The van der Waals surface area contributed by atoms with Gasteiger partial charge in [0.1, 0.15) is 5.78 Å². The number of carbonyl (C=O) groups excluding carboxylic acids is 1. The molecule has 0 saturated heterocycles. The largest absolute Gasteiger partial charge is 0.299 e. The Morgan fingerprint density at radius 2 is 1.45 bits per heavy atom. The maximum Gasteiger partial charge on any atom is 0.155 e. The fourth-order valence-electron chi connectivity index (χ4n) is 3.15. The third-order valence-corrected chi connectivity index (χ3v) is 8.19. The molecule has 0 bridgehead atoms. The summed E-state index contributed by atoms with van der Waals surface area (Å²) in [6.07, 6.45) is 3.09. The predicted octanol–water partition coefficient (Wildman–Crippen LogP) is 5.86. The molecule has 0 aliphatic heterocycles. The summed E-state index contributed by atoms with van der Waals surface area (Å²) < 4.78 is 23.5. The molecule has 0 aromatic heterocycles. The molecule has 0 unspecified atom stereocenters. The molecule has 0 saturated carbocycles. The highest BCUT2D eigenvalue weighted by Crippen LogP contribution is 2.23. The summed E-state index contributed by atoms with van der Waals surface area (Å²) in [7, 11) is -3.06. The van der Waals surface area contributed by atoms with Crippen molar-refractivity contribution >= 4 is 15.6 Å². The summed E-state index contributed by atoms with van der Waals surface area (Å²) in [6, 6.07) is 14.7. The molecule has 0 fully saturated rings. The molecule has 2 aromatic rings. The fourth-order valence-corrected chi connectivity index (χ4v) is 4.35. The van der Waals surface area contributed by atoms with Gasteiger partial charge in [0.25, 0.3) is 0 Å². The number of sulfone groups is 1. The van der Waals surface area contributed by atoms with Gasteiger partial charge in [-0.1, -0.05) is 48.9 Å². The van der Waals surface area contributed by atoms with Crippen molar-refractivity contribution in [3.05, 3.63) is 59.2 Å². The van der Waals surface area contributed by atoms with Gasteiger partial charge in [-0.05, 0) is 75.3 Å². The fraction of sp³-hybridized carbons (Fsp3) is 0.480. The van der Waals surface area contributed by atoms with E-state index >= 15 is 0 Å². The number of benzene rings is 2. The van der Waals surface area contributed by atoms with Crippen LogP contribution in [-0.4, -0.2) is 24.7 Å². The Morgan fingerprint density at radius 1 is 0.828 bits per heavy atom. The van der Waals surface area contributed by atoms with Crippen LogP contribution < -0.4 is 0 Å². The van der Waals surface area contributed by atoms with Gasteiger partial charge in [-0.15, -0.1) is 0 Å². The quantitative estimate of drug-likeness (QED) is 0.483. The first-order valence-electron chi connectivity index (χ1n) is 10.4. The van der Waals surface area contributed by atoms with E-state index in [4.69, 9.17) is 0 Å². The van der Waals surface area contributed by atoms with Crippen molar-refractivity contribution in [2.24, 2.45) is 0 Å². The van der Waals surface area contributed by atoms with Crippen LogP contribution in [0, 0.1) is 13.8 Å². The lowest BCUT2D eigenvalue weighted by Crippen LogP contribution is -2.30. The van der Waals surface area contributed by atoms with Gasteiger partial charge in [-0.25, -0.2) is 8.42 Å². The van der Waals surface area contributed by atoms with E-state index in [1.54, 1.807) is 20.8 Å². The zero-order chi connectivity index (χ0) is 21.7. The third-order valence-electron chi connectivity index (χ3n) is 5.50. The van der Waals surface area contributed by atoms with Gasteiger partial charge >= 0.3 is 0 Å². The number of rotatable bonds is 9. The number of aryl methyl sites for hydroxylation is 2. The van der Waals surface area contributed by atoms with E-state index in [2.05, 4.69) is 44.2 Å². The Morgan fingerprint density at radius 3 is 2.03 bits per heavy atom. The topological polar surface area (TPSA) is 51.2 Å². The lowest BCUT2D eigenvalue weighted by atomic mass is 9.98. The minimum atomic E-state index is -3.06. The molecular weight excluding hydrogens is 380 g/mol. The highest BCUT2D eigenvalue weighted by Gasteiger charge is 2.27. The second-order valence-electron chi connectivity index (χ2n) is 8.95. The molecule has 0 aliphatic carbocycles. The van der Waals surface area contributed by atoms with Gasteiger partial charge in [0, 0.05) is 12.8 Å². The van der Waals surface area contributed by atoms with Crippen molar-refractivity contribution < 1.29 is 13.2 Å². The van der Waals surface area contributed by atoms with E-state index in [-0.39, 0.29) is 11.5 Å². The van der Waals surface area contributed by atoms with Crippen LogP contribution in [0.2, 0.25) is 0 Å². The normalized spacial score (nSPS) is 12.2. The number of hydrogen-bond donors (Lipinski definition) is 0. The molecule has 3 nitrogen and oxygen atoms in total. The molecule has 0 aliphatic rings. The van der Waals surface area contributed by atoms with Crippen molar-refractivity contribution in [1.29, 1.82) is 0 Å². The zero-order valence-electron chi connectivity index (χ0n) is 18.4. The van der Waals surface area contributed by atoms with Crippen molar-refractivity contribution in [2.45, 2.75) is 71.5 Å². The van der Waals surface area contributed by atoms with Crippen LogP contribution >= 0.6 is 0 Å². The highest BCUT2D eigenvalue weighted by molar-refractivity contribution is 7.92. The first kappa shape index (κ1) is 23.3. The van der Waals surface area contributed by atoms with Gasteiger partial charge in [0.05, 0.1) is 10.5 Å². The summed E-state index contributed by atoms with van der Waals surface area (Å²) in [4.78, 5) is 12.3. The average molecular weight is 415 g/mol. The first-order chi connectivity index (χ1) is 13.5. The molecular formula is C25H34O3S. The molecule has 4 heteroatoms.